The number of carbonyl (C=O) groups is 2. The number of hydrogen-bond donors (Lipinski definition) is 2. The van der Waals surface area contributed by atoms with E-state index in [0.717, 1.165) is 16.5 Å². The molecule has 0 aliphatic carbocycles. The lowest BCUT2D eigenvalue weighted by Crippen LogP contribution is -2.41. The molecule has 0 heterocycles. The van der Waals surface area contributed by atoms with Crippen molar-refractivity contribution in [2.75, 3.05) is 5.75 Å². The molecule has 26 heavy (non-hydrogen) atoms. The maximum atomic E-state index is 11.7. The van der Waals surface area contributed by atoms with E-state index in [1.165, 1.54) is 30.0 Å². The van der Waals surface area contributed by atoms with Gasteiger partial charge in [0.15, 0.2) is 0 Å². The van der Waals surface area contributed by atoms with Gasteiger partial charge >= 0.3 is 0 Å². The number of carbonyl (C=O) groups excluding carboxylic acids is 2. The van der Waals surface area contributed by atoms with E-state index in [1.54, 1.807) is 12.1 Å². The van der Waals surface area contributed by atoms with Crippen molar-refractivity contribution in [3.8, 4) is 0 Å². The molecule has 0 aromatic heterocycles. The normalized spacial score (nSPS) is 10.5. The largest absolute Gasteiger partial charge is 0.276 e. The lowest BCUT2D eigenvalue weighted by Gasteiger charge is -2.05. The Morgan fingerprint density at radius 1 is 1.12 bits per heavy atom. The molecule has 2 rings (SSSR count). The highest BCUT2D eigenvalue weighted by atomic mass is 32.2. The molecule has 0 aliphatic rings. The zero-order chi connectivity index (χ0) is 18.9. The van der Waals surface area contributed by atoms with E-state index in [1.807, 2.05) is 31.2 Å². The van der Waals surface area contributed by atoms with Crippen molar-refractivity contribution in [2.24, 2.45) is 0 Å². The lowest BCUT2D eigenvalue weighted by molar-refractivity contribution is -0.385. The molecular formula is C18H17N3O4S. The summed E-state index contributed by atoms with van der Waals surface area (Å²) in [6, 6.07) is 13.8. The van der Waals surface area contributed by atoms with Crippen molar-refractivity contribution in [2.45, 2.75) is 11.8 Å². The summed E-state index contributed by atoms with van der Waals surface area (Å²) < 4.78 is 0. The van der Waals surface area contributed by atoms with Gasteiger partial charge in [-0.1, -0.05) is 29.8 Å². The number of nitrogens with one attached hydrogen (secondary N) is 2. The van der Waals surface area contributed by atoms with Crippen LogP contribution in [0, 0.1) is 17.0 Å². The summed E-state index contributed by atoms with van der Waals surface area (Å²) in [5, 5.41) is 10.9. The van der Waals surface area contributed by atoms with Gasteiger partial charge in [0.25, 0.3) is 11.6 Å². The van der Waals surface area contributed by atoms with Crippen LogP contribution < -0.4 is 10.9 Å². The van der Waals surface area contributed by atoms with Crippen LogP contribution in [0.4, 0.5) is 5.69 Å². The highest BCUT2D eigenvalue weighted by molar-refractivity contribution is 8.00. The van der Waals surface area contributed by atoms with Gasteiger partial charge in [0, 0.05) is 17.0 Å². The Bertz CT molecular complexity index is 835. The van der Waals surface area contributed by atoms with Crippen LogP contribution in [0.25, 0.3) is 6.08 Å². The molecule has 8 heteroatoms. The van der Waals surface area contributed by atoms with E-state index in [2.05, 4.69) is 10.9 Å². The predicted molar refractivity (Wildman–Crippen MR) is 100 cm³/mol. The van der Waals surface area contributed by atoms with E-state index in [0.29, 0.717) is 5.56 Å². The number of hydrazine groups is 1. The molecule has 0 unspecified atom stereocenters. The van der Waals surface area contributed by atoms with Crippen LogP contribution in [0.3, 0.4) is 0 Å². The number of para-hydroxylation sites is 1. The summed E-state index contributed by atoms with van der Waals surface area (Å²) >= 11 is 1.35. The summed E-state index contributed by atoms with van der Waals surface area (Å²) in [4.78, 5) is 34.8. The van der Waals surface area contributed by atoms with Crippen LogP contribution >= 0.6 is 11.8 Å². The molecule has 2 amide bonds. The molecule has 0 fully saturated rings. The van der Waals surface area contributed by atoms with Crippen LogP contribution in [0.15, 0.2) is 59.5 Å². The number of benzene rings is 2. The molecule has 7 nitrogen and oxygen atoms in total. The van der Waals surface area contributed by atoms with Crippen molar-refractivity contribution >= 4 is 35.3 Å². The van der Waals surface area contributed by atoms with Gasteiger partial charge in [-0.3, -0.25) is 30.6 Å². The van der Waals surface area contributed by atoms with E-state index in [-0.39, 0.29) is 17.3 Å². The Morgan fingerprint density at radius 2 is 1.81 bits per heavy atom. The van der Waals surface area contributed by atoms with Gasteiger partial charge in [-0.15, -0.1) is 11.8 Å². The second-order valence-electron chi connectivity index (χ2n) is 5.29. The number of rotatable bonds is 6. The van der Waals surface area contributed by atoms with Gasteiger partial charge in [0.1, 0.15) is 0 Å². The molecule has 0 bridgehead atoms. The number of aryl methyl sites for hydroxylation is 1. The summed E-state index contributed by atoms with van der Waals surface area (Å²) in [6.45, 7) is 1.98. The first-order valence-electron chi connectivity index (χ1n) is 7.65. The molecular weight excluding hydrogens is 354 g/mol. The highest BCUT2D eigenvalue weighted by Gasteiger charge is 2.10. The first-order chi connectivity index (χ1) is 12.5. The second-order valence-corrected chi connectivity index (χ2v) is 6.34. The number of nitrogens with zero attached hydrogens (tertiary/aromatic N) is 1. The quantitative estimate of drug-likeness (QED) is 0.352. The molecule has 134 valence electrons. The predicted octanol–water partition coefficient (Wildman–Crippen LogP) is 2.86. The molecule has 2 aromatic rings. The zero-order valence-corrected chi connectivity index (χ0v) is 14.8. The molecule has 0 spiro atoms. The van der Waals surface area contributed by atoms with Crippen LogP contribution in [-0.4, -0.2) is 22.5 Å². The Morgan fingerprint density at radius 3 is 2.50 bits per heavy atom. The average Bonchev–Trinajstić information content (AvgIpc) is 2.64. The Kier molecular flexibility index (Phi) is 6.92. The molecule has 2 aromatic carbocycles. The number of thioether (sulfide) groups is 1. The third-order valence-corrected chi connectivity index (χ3v) is 4.28. The minimum absolute atomic E-state index is 0.102. The number of hydrogen-bond acceptors (Lipinski definition) is 5. The minimum Gasteiger partial charge on any atom is -0.272 e. The number of amides is 2. The van der Waals surface area contributed by atoms with Crippen molar-refractivity contribution in [1.82, 2.24) is 10.9 Å². The lowest BCUT2D eigenvalue weighted by atomic mass is 10.1. The van der Waals surface area contributed by atoms with Gasteiger partial charge in [-0.2, -0.15) is 0 Å². The Labute approximate surface area is 154 Å². The first-order valence-corrected chi connectivity index (χ1v) is 8.64. The fourth-order valence-corrected chi connectivity index (χ4v) is 2.65. The van der Waals surface area contributed by atoms with E-state index in [9.17, 15) is 19.7 Å². The van der Waals surface area contributed by atoms with Gasteiger partial charge in [-0.05, 0) is 31.2 Å². The third-order valence-electron chi connectivity index (χ3n) is 3.26. The summed E-state index contributed by atoms with van der Waals surface area (Å²) in [5.41, 5.74) is 5.87. The van der Waals surface area contributed by atoms with E-state index < -0.39 is 10.8 Å². The second kappa shape index (κ2) is 9.38. The Balaban J connectivity index is 1.80. The smallest absolute Gasteiger partial charge is 0.272 e. The van der Waals surface area contributed by atoms with Crippen molar-refractivity contribution < 1.29 is 14.5 Å². The molecule has 0 radical (unpaired) electrons. The minimum atomic E-state index is -0.586. The van der Waals surface area contributed by atoms with Gasteiger partial charge in [-0.25, -0.2) is 0 Å². The summed E-state index contributed by atoms with van der Waals surface area (Å²) in [5.74, 6) is -0.795. The standard InChI is InChI=1S/C18H17N3O4S/c1-13-6-9-15(10-7-13)26-12-18(23)20-19-17(22)11-8-14-4-2-3-5-16(14)21(24)25/h2-11H,12H2,1H3,(H,19,22)(H,20,23)/b11-8+. The number of nitro benzene ring substituents is 1. The van der Waals surface area contributed by atoms with Crippen LogP contribution in [0.2, 0.25) is 0 Å². The fourth-order valence-electron chi connectivity index (χ4n) is 1.95. The fraction of sp³-hybridized carbons (Fsp3) is 0.111. The SMILES string of the molecule is Cc1ccc(SCC(=O)NNC(=O)/C=C/c2ccccc2[N+](=O)[O-])cc1. The summed E-state index contributed by atoms with van der Waals surface area (Å²) in [6.07, 6.45) is 2.44. The molecule has 0 atom stereocenters. The average molecular weight is 371 g/mol. The monoisotopic (exact) mass is 371 g/mol. The van der Waals surface area contributed by atoms with Gasteiger partial charge < -0.3 is 0 Å². The summed E-state index contributed by atoms with van der Waals surface area (Å²) in [7, 11) is 0. The van der Waals surface area contributed by atoms with E-state index in [4.69, 9.17) is 0 Å². The molecule has 0 saturated carbocycles. The third kappa shape index (κ3) is 6.06. The van der Waals surface area contributed by atoms with Gasteiger partial charge in [0.2, 0.25) is 5.91 Å². The molecule has 2 N–H and O–H groups in total. The van der Waals surface area contributed by atoms with Crippen LogP contribution in [-0.2, 0) is 9.59 Å². The molecule has 0 saturated heterocycles. The first kappa shape index (κ1) is 19.2. The highest BCUT2D eigenvalue weighted by Crippen LogP contribution is 2.19. The molecule has 0 aliphatic heterocycles. The van der Waals surface area contributed by atoms with Crippen LogP contribution in [0.5, 0.6) is 0 Å². The zero-order valence-electron chi connectivity index (χ0n) is 14.0. The Hall–Kier alpha value is -3.13. The maximum Gasteiger partial charge on any atom is 0.276 e. The topological polar surface area (TPSA) is 101 Å². The van der Waals surface area contributed by atoms with E-state index >= 15 is 0 Å². The maximum absolute atomic E-state index is 11.7. The van der Waals surface area contributed by atoms with Crippen LogP contribution in [0.1, 0.15) is 11.1 Å². The number of nitro groups is 1. The van der Waals surface area contributed by atoms with Gasteiger partial charge in [0.05, 0.1) is 16.2 Å². The van der Waals surface area contributed by atoms with Crippen molar-refractivity contribution in [1.29, 1.82) is 0 Å². The van der Waals surface area contributed by atoms with Crippen molar-refractivity contribution in [3.05, 3.63) is 75.8 Å². The van der Waals surface area contributed by atoms with Crippen molar-refractivity contribution in [3.63, 3.8) is 0 Å².